The molecule has 4 rings (SSSR count). The fraction of sp³-hybridized carbons (Fsp3) is 0.286. The molecular weight excluding hydrogens is 284 g/mol. The van der Waals surface area contributed by atoms with E-state index >= 15 is 0 Å². The van der Waals surface area contributed by atoms with Crippen LogP contribution in [0.15, 0.2) is 35.0 Å². The van der Waals surface area contributed by atoms with Gasteiger partial charge in [0.2, 0.25) is 0 Å². The van der Waals surface area contributed by atoms with Crippen LogP contribution in [0.1, 0.15) is 23.5 Å². The molecule has 0 aromatic carbocycles. The molecule has 0 aliphatic heterocycles. The normalized spacial score (nSPS) is 15.7. The molecule has 6 nitrogen and oxygen atoms in total. The van der Waals surface area contributed by atoms with Gasteiger partial charge in [0.05, 0.1) is 30.5 Å². The van der Waals surface area contributed by atoms with E-state index < -0.39 is 0 Å². The molecule has 1 aliphatic rings. The first-order valence-electron chi connectivity index (χ1n) is 6.83. The van der Waals surface area contributed by atoms with Crippen molar-refractivity contribution in [3.8, 4) is 0 Å². The zero-order chi connectivity index (χ0) is 14.2. The molecular formula is C14H14N6S. The van der Waals surface area contributed by atoms with Gasteiger partial charge in [0.1, 0.15) is 16.5 Å². The highest BCUT2D eigenvalue weighted by atomic mass is 32.1. The number of thiazole rings is 1. The molecule has 0 bridgehead atoms. The average molecular weight is 298 g/mol. The van der Waals surface area contributed by atoms with Gasteiger partial charge in [-0.2, -0.15) is 5.10 Å². The van der Waals surface area contributed by atoms with Gasteiger partial charge < -0.3 is 5.73 Å². The number of aliphatic imine (C=N–C) groups is 1. The first-order chi connectivity index (χ1) is 10.3. The number of nitrogens with two attached hydrogens (primary N) is 1. The van der Waals surface area contributed by atoms with Crippen LogP contribution < -0.4 is 5.73 Å². The van der Waals surface area contributed by atoms with Gasteiger partial charge in [0.25, 0.3) is 0 Å². The van der Waals surface area contributed by atoms with E-state index in [4.69, 9.17) is 5.73 Å². The summed E-state index contributed by atoms with van der Waals surface area (Å²) in [7, 11) is 0. The van der Waals surface area contributed by atoms with Gasteiger partial charge in [-0.1, -0.05) is 0 Å². The molecule has 21 heavy (non-hydrogen) atoms. The summed E-state index contributed by atoms with van der Waals surface area (Å²) in [5, 5.41) is 8.39. The third-order valence-corrected chi connectivity index (χ3v) is 4.25. The Bertz CT molecular complexity index is 814. The third kappa shape index (κ3) is 2.52. The summed E-state index contributed by atoms with van der Waals surface area (Å²) < 4.78 is 1.90. The lowest BCUT2D eigenvalue weighted by atomic mass is 10.3. The van der Waals surface area contributed by atoms with Crippen LogP contribution in [0.4, 0.5) is 0 Å². The summed E-state index contributed by atoms with van der Waals surface area (Å²) >= 11 is 1.58. The van der Waals surface area contributed by atoms with E-state index in [0.717, 1.165) is 34.4 Å². The minimum absolute atomic E-state index is 0.413. The molecule has 3 aromatic rings. The highest BCUT2D eigenvalue weighted by Gasteiger charge is 2.21. The first kappa shape index (κ1) is 12.5. The molecule has 0 amide bonds. The van der Waals surface area contributed by atoms with Gasteiger partial charge in [0, 0.05) is 17.0 Å². The molecule has 0 radical (unpaired) electrons. The van der Waals surface area contributed by atoms with Crippen molar-refractivity contribution in [2.45, 2.75) is 25.4 Å². The van der Waals surface area contributed by atoms with Crippen molar-refractivity contribution in [2.75, 3.05) is 0 Å². The summed E-state index contributed by atoms with van der Waals surface area (Å²) in [4.78, 5) is 13.1. The second-order valence-corrected chi connectivity index (χ2v) is 6.05. The number of pyridine rings is 1. The maximum absolute atomic E-state index is 5.97. The van der Waals surface area contributed by atoms with Crippen LogP contribution >= 0.6 is 11.3 Å². The van der Waals surface area contributed by atoms with E-state index in [1.54, 1.807) is 17.5 Å². The second kappa shape index (κ2) is 4.92. The van der Waals surface area contributed by atoms with Crippen LogP contribution in [0.25, 0.3) is 10.9 Å². The van der Waals surface area contributed by atoms with E-state index in [1.807, 2.05) is 28.5 Å². The van der Waals surface area contributed by atoms with Crippen LogP contribution in [0.5, 0.6) is 0 Å². The summed E-state index contributed by atoms with van der Waals surface area (Å²) in [5.74, 6) is 0.548. The van der Waals surface area contributed by atoms with Gasteiger partial charge >= 0.3 is 0 Å². The minimum atomic E-state index is 0.413. The van der Waals surface area contributed by atoms with Gasteiger partial charge in [-0.3, -0.25) is 14.7 Å². The number of hydrogen-bond acceptors (Lipinski definition) is 5. The molecule has 0 unspecified atom stereocenters. The molecule has 0 atom stereocenters. The minimum Gasteiger partial charge on any atom is -0.382 e. The van der Waals surface area contributed by atoms with Crippen molar-refractivity contribution in [3.05, 3.63) is 40.7 Å². The molecule has 1 aliphatic carbocycles. The topological polar surface area (TPSA) is 82.0 Å². The van der Waals surface area contributed by atoms with E-state index in [1.165, 1.54) is 0 Å². The predicted octanol–water partition coefficient (Wildman–Crippen LogP) is 1.80. The van der Waals surface area contributed by atoms with Crippen LogP contribution in [-0.2, 0) is 6.54 Å². The largest absolute Gasteiger partial charge is 0.382 e. The van der Waals surface area contributed by atoms with E-state index in [0.29, 0.717) is 18.4 Å². The van der Waals surface area contributed by atoms with Crippen molar-refractivity contribution >= 4 is 28.1 Å². The molecule has 3 aromatic heterocycles. The number of amidine groups is 1. The Morgan fingerprint density at radius 3 is 3.19 bits per heavy atom. The third-order valence-electron chi connectivity index (χ3n) is 3.41. The molecule has 2 N–H and O–H groups in total. The summed E-state index contributed by atoms with van der Waals surface area (Å²) in [5.41, 5.74) is 7.76. The SMILES string of the molecule is NC(=NC1CC1)c1csc(Cn2ncc3ccncc32)n1. The van der Waals surface area contributed by atoms with Gasteiger partial charge in [-0.05, 0) is 18.9 Å². The fourth-order valence-electron chi connectivity index (χ4n) is 2.14. The van der Waals surface area contributed by atoms with Crippen LogP contribution in [0.3, 0.4) is 0 Å². The monoisotopic (exact) mass is 298 g/mol. The molecule has 106 valence electrons. The zero-order valence-electron chi connectivity index (χ0n) is 11.3. The maximum Gasteiger partial charge on any atom is 0.145 e. The molecule has 0 spiro atoms. The fourth-order valence-corrected chi connectivity index (χ4v) is 2.91. The van der Waals surface area contributed by atoms with Crippen LogP contribution in [0, 0.1) is 0 Å². The van der Waals surface area contributed by atoms with Gasteiger partial charge in [0.15, 0.2) is 0 Å². The Hall–Kier alpha value is -2.28. The van der Waals surface area contributed by atoms with E-state index in [-0.39, 0.29) is 0 Å². The van der Waals surface area contributed by atoms with Crippen molar-refractivity contribution in [1.82, 2.24) is 19.7 Å². The lowest BCUT2D eigenvalue weighted by Gasteiger charge is -2.00. The summed E-state index contributed by atoms with van der Waals surface area (Å²) in [6, 6.07) is 2.36. The van der Waals surface area contributed by atoms with Crippen LogP contribution in [-0.4, -0.2) is 31.6 Å². The molecule has 7 heteroatoms. The Morgan fingerprint density at radius 2 is 2.33 bits per heavy atom. The van der Waals surface area contributed by atoms with Crippen molar-refractivity contribution in [2.24, 2.45) is 10.7 Å². The maximum atomic E-state index is 5.97. The predicted molar refractivity (Wildman–Crippen MR) is 82.5 cm³/mol. The standard InChI is InChI=1S/C14H14N6S/c15-14(18-10-1-2-10)11-8-21-13(19-11)7-20-12-6-16-4-3-9(12)5-17-20/h3-6,8,10H,1-2,7H2,(H2,15,18). The quantitative estimate of drug-likeness (QED) is 0.588. The van der Waals surface area contributed by atoms with Gasteiger partial charge in [-0.15, -0.1) is 11.3 Å². The molecule has 3 heterocycles. The lowest BCUT2D eigenvalue weighted by molar-refractivity contribution is 0.706. The second-order valence-electron chi connectivity index (χ2n) is 5.11. The smallest absolute Gasteiger partial charge is 0.145 e. The molecule has 0 saturated heterocycles. The summed E-state index contributed by atoms with van der Waals surface area (Å²) in [6.45, 7) is 0.622. The number of rotatable bonds is 4. The first-order valence-corrected chi connectivity index (χ1v) is 7.71. The Kier molecular flexibility index (Phi) is 2.92. The molecule has 1 saturated carbocycles. The summed E-state index contributed by atoms with van der Waals surface area (Å²) in [6.07, 6.45) is 7.72. The Labute approximate surface area is 125 Å². The number of nitrogens with zero attached hydrogens (tertiary/aromatic N) is 5. The van der Waals surface area contributed by atoms with Crippen molar-refractivity contribution in [3.63, 3.8) is 0 Å². The number of fused-ring (bicyclic) bond motifs is 1. The van der Waals surface area contributed by atoms with Gasteiger partial charge in [-0.25, -0.2) is 4.98 Å². The highest BCUT2D eigenvalue weighted by Crippen LogP contribution is 2.24. The van der Waals surface area contributed by atoms with E-state index in [2.05, 4.69) is 20.1 Å². The number of aromatic nitrogens is 4. The average Bonchev–Trinajstić information content (AvgIpc) is 3.04. The highest BCUT2D eigenvalue weighted by molar-refractivity contribution is 7.09. The lowest BCUT2D eigenvalue weighted by Crippen LogP contribution is -2.15. The Balaban J connectivity index is 1.58. The van der Waals surface area contributed by atoms with Crippen molar-refractivity contribution in [1.29, 1.82) is 0 Å². The number of hydrogen-bond donors (Lipinski definition) is 1. The zero-order valence-corrected chi connectivity index (χ0v) is 12.1. The van der Waals surface area contributed by atoms with Crippen molar-refractivity contribution < 1.29 is 0 Å². The molecule has 1 fully saturated rings. The van der Waals surface area contributed by atoms with E-state index in [9.17, 15) is 0 Å². The van der Waals surface area contributed by atoms with Crippen LogP contribution in [0.2, 0.25) is 0 Å². The Morgan fingerprint density at radius 1 is 1.43 bits per heavy atom.